The van der Waals surface area contributed by atoms with E-state index in [0.29, 0.717) is 29.7 Å². The van der Waals surface area contributed by atoms with Gasteiger partial charge in [-0.25, -0.2) is 17.2 Å². The van der Waals surface area contributed by atoms with Gasteiger partial charge in [-0.15, -0.1) is 0 Å². The highest BCUT2D eigenvalue weighted by molar-refractivity contribution is 7.99. The largest absolute Gasteiger partial charge is 0.454 e. The molecule has 4 rings (SSSR count). The summed E-state index contributed by atoms with van der Waals surface area (Å²) in [6, 6.07) is 8.25. The van der Waals surface area contributed by atoms with Crippen molar-refractivity contribution in [2.75, 3.05) is 25.6 Å². The van der Waals surface area contributed by atoms with Gasteiger partial charge in [-0.1, -0.05) is 6.07 Å². The minimum Gasteiger partial charge on any atom is -0.454 e. The molecule has 0 aliphatic carbocycles. The van der Waals surface area contributed by atoms with Crippen molar-refractivity contribution in [3.05, 3.63) is 53.6 Å². The second kappa shape index (κ2) is 7.29. The molecule has 0 radical (unpaired) electrons. The Morgan fingerprint density at radius 1 is 1.04 bits per heavy atom. The summed E-state index contributed by atoms with van der Waals surface area (Å²) in [6.07, 6.45) is 0.576. The first-order chi connectivity index (χ1) is 12.9. The lowest BCUT2D eigenvalue weighted by atomic mass is 10.1. The predicted octanol–water partition coefficient (Wildman–Crippen LogP) is 3.56. The molecule has 2 heterocycles. The summed E-state index contributed by atoms with van der Waals surface area (Å²) < 4.78 is 64.7. The van der Waals surface area contributed by atoms with Crippen molar-refractivity contribution in [2.45, 2.75) is 16.6 Å². The van der Waals surface area contributed by atoms with Crippen LogP contribution in [0.2, 0.25) is 0 Å². The van der Waals surface area contributed by atoms with Crippen LogP contribution in [0, 0.1) is 11.6 Å². The molecule has 1 unspecified atom stereocenters. The van der Waals surface area contributed by atoms with Gasteiger partial charge in [0.05, 0.1) is 0 Å². The molecular weight excluding hydrogens is 396 g/mol. The molecule has 2 aromatic carbocycles. The number of halogens is 2. The number of rotatable bonds is 3. The van der Waals surface area contributed by atoms with Crippen molar-refractivity contribution < 1.29 is 26.7 Å². The molecule has 0 amide bonds. The van der Waals surface area contributed by atoms with Crippen molar-refractivity contribution in [3.8, 4) is 11.5 Å². The summed E-state index contributed by atoms with van der Waals surface area (Å²) in [5.41, 5.74) is 1.04. The molecule has 0 aromatic heterocycles. The molecule has 0 saturated carbocycles. The molecule has 1 fully saturated rings. The molecule has 2 aliphatic rings. The fourth-order valence-electron chi connectivity index (χ4n) is 3.19. The van der Waals surface area contributed by atoms with Crippen molar-refractivity contribution in [3.63, 3.8) is 0 Å². The van der Waals surface area contributed by atoms with Gasteiger partial charge in [-0.2, -0.15) is 16.1 Å². The average Bonchev–Trinajstić information content (AvgIpc) is 2.95. The lowest BCUT2D eigenvalue weighted by Gasteiger charge is -2.20. The van der Waals surface area contributed by atoms with E-state index in [-0.39, 0.29) is 25.1 Å². The zero-order chi connectivity index (χ0) is 19.0. The number of benzene rings is 2. The van der Waals surface area contributed by atoms with Gasteiger partial charge in [0.2, 0.25) is 16.8 Å². The number of hydrogen-bond acceptors (Lipinski definition) is 5. The molecular formula is C18H17F2NO4S2. The summed E-state index contributed by atoms with van der Waals surface area (Å²) in [6.45, 7) is 0.724. The van der Waals surface area contributed by atoms with Crippen LogP contribution >= 0.6 is 11.8 Å². The van der Waals surface area contributed by atoms with E-state index < -0.39 is 26.6 Å². The van der Waals surface area contributed by atoms with E-state index in [1.807, 2.05) is 18.2 Å². The van der Waals surface area contributed by atoms with Crippen molar-refractivity contribution in [1.29, 1.82) is 0 Å². The van der Waals surface area contributed by atoms with Gasteiger partial charge in [0, 0.05) is 30.2 Å². The summed E-state index contributed by atoms with van der Waals surface area (Å²) in [5.74, 6) is 0.0877. The van der Waals surface area contributed by atoms with Crippen LogP contribution < -0.4 is 9.47 Å². The van der Waals surface area contributed by atoms with Crippen LogP contribution in [0.4, 0.5) is 8.78 Å². The zero-order valence-electron chi connectivity index (χ0n) is 14.2. The van der Waals surface area contributed by atoms with Crippen LogP contribution in [0.15, 0.2) is 41.3 Å². The number of nitrogens with zero attached hydrogens (tertiary/aromatic N) is 1. The van der Waals surface area contributed by atoms with E-state index in [0.717, 1.165) is 17.7 Å². The normalized spacial score (nSPS) is 20.4. The Morgan fingerprint density at radius 3 is 2.67 bits per heavy atom. The predicted molar refractivity (Wildman–Crippen MR) is 97.5 cm³/mol. The monoisotopic (exact) mass is 413 g/mol. The van der Waals surface area contributed by atoms with Crippen LogP contribution in [-0.4, -0.2) is 38.4 Å². The Bertz CT molecular complexity index is 968. The fraction of sp³-hybridized carbons (Fsp3) is 0.333. The van der Waals surface area contributed by atoms with Gasteiger partial charge in [-0.05, 0) is 36.2 Å². The van der Waals surface area contributed by atoms with Crippen LogP contribution in [0.25, 0.3) is 0 Å². The molecule has 5 nitrogen and oxygen atoms in total. The third-order valence-electron chi connectivity index (χ3n) is 4.58. The number of fused-ring (bicyclic) bond motifs is 1. The first-order valence-corrected chi connectivity index (χ1v) is 10.9. The Hall–Kier alpha value is -1.84. The smallest absolute Gasteiger partial charge is 0.246 e. The van der Waals surface area contributed by atoms with E-state index in [2.05, 4.69) is 0 Å². The van der Waals surface area contributed by atoms with Gasteiger partial charge in [-0.3, -0.25) is 0 Å². The highest BCUT2D eigenvalue weighted by Crippen LogP contribution is 2.40. The summed E-state index contributed by atoms with van der Waals surface area (Å²) in [5, 5.41) is 0.0952. The zero-order valence-corrected chi connectivity index (χ0v) is 15.9. The third kappa shape index (κ3) is 3.63. The molecule has 9 heteroatoms. The van der Waals surface area contributed by atoms with Crippen LogP contribution in [0.3, 0.4) is 0 Å². The Balaban J connectivity index is 1.53. The average molecular weight is 413 g/mol. The van der Waals surface area contributed by atoms with E-state index in [9.17, 15) is 17.2 Å². The van der Waals surface area contributed by atoms with E-state index in [1.54, 1.807) is 11.8 Å². The SMILES string of the molecule is O=S(=O)(c1ccc(F)cc1F)N1CCSC(c2ccc3c(c2)OCO3)CC1. The molecule has 2 aromatic rings. The maximum Gasteiger partial charge on any atom is 0.246 e. The van der Waals surface area contributed by atoms with E-state index in [1.165, 1.54) is 4.31 Å². The molecule has 1 atom stereocenters. The van der Waals surface area contributed by atoms with Gasteiger partial charge >= 0.3 is 0 Å². The molecule has 0 N–H and O–H groups in total. The van der Waals surface area contributed by atoms with Crippen LogP contribution in [-0.2, 0) is 10.0 Å². The van der Waals surface area contributed by atoms with Gasteiger partial charge in [0.1, 0.15) is 16.5 Å². The summed E-state index contributed by atoms with van der Waals surface area (Å²) >= 11 is 1.65. The maximum atomic E-state index is 14.0. The first kappa shape index (κ1) is 18.5. The molecule has 0 bridgehead atoms. The number of ether oxygens (including phenoxy) is 2. The highest BCUT2D eigenvalue weighted by Gasteiger charge is 2.31. The Kier molecular flexibility index (Phi) is 5.00. The topological polar surface area (TPSA) is 55.8 Å². The molecule has 144 valence electrons. The summed E-state index contributed by atoms with van der Waals surface area (Å²) in [4.78, 5) is -0.490. The van der Waals surface area contributed by atoms with Gasteiger partial charge in [0.15, 0.2) is 11.5 Å². The first-order valence-electron chi connectivity index (χ1n) is 8.41. The van der Waals surface area contributed by atoms with E-state index >= 15 is 0 Å². The standard InChI is InChI=1S/C18H17F2NO4S2/c19-13-2-4-18(14(20)10-13)27(22,23)21-6-5-17(26-8-7-21)12-1-3-15-16(9-12)25-11-24-15/h1-4,9-10,17H,5-8,11H2. The van der Waals surface area contributed by atoms with E-state index in [4.69, 9.17) is 9.47 Å². The molecule has 1 saturated heterocycles. The second-order valence-electron chi connectivity index (χ2n) is 6.24. The van der Waals surface area contributed by atoms with Gasteiger partial charge < -0.3 is 9.47 Å². The number of hydrogen-bond donors (Lipinski definition) is 0. The lowest BCUT2D eigenvalue weighted by Crippen LogP contribution is -2.33. The molecule has 27 heavy (non-hydrogen) atoms. The highest BCUT2D eigenvalue weighted by atomic mass is 32.2. The number of sulfonamides is 1. The van der Waals surface area contributed by atoms with Crippen molar-refractivity contribution in [1.82, 2.24) is 4.31 Å². The summed E-state index contributed by atoms with van der Waals surface area (Å²) in [7, 11) is -4.01. The lowest BCUT2D eigenvalue weighted by molar-refractivity contribution is 0.174. The quantitative estimate of drug-likeness (QED) is 0.770. The molecule has 2 aliphatic heterocycles. The van der Waals surface area contributed by atoms with Crippen molar-refractivity contribution in [2.24, 2.45) is 0 Å². The number of thioether (sulfide) groups is 1. The minimum atomic E-state index is -4.01. The minimum absolute atomic E-state index is 0.0952. The molecule has 0 spiro atoms. The Morgan fingerprint density at radius 2 is 1.85 bits per heavy atom. The van der Waals surface area contributed by atoms with Crippen LogP contribution in [0.1, 0.15) is 17.2 Å². The Labute approximate surface area is 160 Å². The second-order valence-corrected chi connectivity index (χ2v) is 9.46. The van der Waals surface area contributed by atoms with Crippen LogP contribution in [0.5, 0.6) is 11.5 Å². The maximum absolute atomic E-state index is 14.0. The fourth-order valence-corrected chi connectivity index (χ4v) is 6.03. The third-order valence-corrected chi connectivity index (χ3v) is 7.84. The van der Waals surface area contributed by atoms with Gasteiger partial charge in [0.25, 0.3) is 0 Å². The van der Waals surface area contributed by atoms with Crippen molar-refractivity contribution >= 4 is 21.8 Å².